The fourth-order valence-corrected chi connectivity index (χ4v) is 2.55. The maximum absolute atomic E-state index is 9.94. The first-order valence-corrected chi connectivity index (χ1v) is 7.08. The van der Waals surface area contributed by atoms with Crippen molar-refractivity contribution in [2.45, 2.75) is 61.4 Å². The molecule has 0 aliphatic carbocycles. The van der Waals surface area contributed by atoms with E-state index in [1.807, 2.05) is 0 Å². The lowest BCUT2D eigenvalue weighted by Crippen LogP contribution is -2.64. The Morgan fingerprint density at radius 3 is 1.74 bits per heavy atom. The van der Waals surface area contributed by atoms with Crippen molar-refractivity contribution in [2.24, 2.45) is 0 Å². The van der Waals surface area contributed by atoms with Crippen LogP contribution in [0.5, 0.6) is 0 Å². The monoisotopic (exact) mass is 342 g/mol. The number of hydrogen-bond acceptors (Lipinski definition) is 11. The number of rotatable bonds is 4. The van der Waals surface area contributed by atoms with Crippen LogP contribution in [0.1, 0.15) is 0 Å². The SMILES string of the molecule is OC[C@@H]1O[C@@H](O[C@@H]2[C@H](O)[C@@H](O)[C@@H](CO)O[C@@H]2O)[C@H](O)[C@H](O)[C@@H]1O. The van der Waals surface area contributed by atoms with E-state index in [9.17, 15) is 30.6 Å². The molecule has 0 radical (unpaired) electrons. The molecule has 8 N–H and O–H groups in total. The van der Waals surface area contributed by atoms with Gasteiger partial charge in [0.2, 0.25) is 0 Å². The summed E-state index contributed by atoms with van der Waals surface area (Å²) in [6.07, 6.45) is -15.6. The molecule has 0 aromatic rings. The third-order valence-electron chi connectivity index (χ3n) is 3.98. The Labute approximate surface area is 130 Å². The van der Waals surface area contributed by atoms with E-state index < -0.39 is 74.6 Å². The van der Waals surface area contributed by atoms with Gasteiger partial charge in [-0.15, -0.1) is 0 Å². The zero-order chi connectivity index (χ0) is 17.3. The van der Waals surface area contributed by atoms with Crippen molar-refractivity contribution < 1.29 is 55.1 Å². The van der Waals surface area contributed by atoms with Crippen LogP contribution in [0.25, 0.3) is 0 Å². The predicted octanol–water partition coefficient (Wildman–Crippen LogP) is -5.40. The summed E-state index contributed by atoms with van der Waals surface area (Å²) < 4.78 is 15.1. The minimum atomic E-state index is -1.75. The zero-order valence-electron chi connectivity index (χ0n) is 12.0. The largest absolute Gasteiger partial charge is 0.394 e. The van der Waals surface area contributed by atoms with Crippen LogP contribution in [0.2, 0.25) is 0 Å². The van der Waals surface area contributed by atoms with Crippen molar-refractivity contribution >= 4 is 0 Å². The third-order valence-corrected chi connectivity index (χ3v) is 3.98. The van der Waals surface area contributed by atoms with E-state index in [0.717, 1.165) is 0 Å². The molecule has 2 aliphatic rings. The highest BCUT2D eigenvalue weighted by Gasteiger charge is 2.50. The van der Waals surface area contributed by atoms with Gasteiger partial charge in [0.25, 0.3) is 0 Å². The van der Waals surface area contributed by atoms with Crippen molar-refractivity contribution in [1.29, 1.82) is 0 Å². The van der Waals surface area contributed by atoms with Gasteiger partial charge in [0.05, 0.1) is 13.2 Å². The molecule has 2 heterocycles. The molecular formula is C12H22O11. The second-order valence-electron chi connectivity index (χ2n) is 5.53. The number of aliphatic hydroxyl groups is 8. The van der Waals surface area contributed by atoms with E-state index in [-0.39, 0.29) is 0 Å². The molecule has 10 atom stereocenters. The predicted molar refractivity (Wildman–Crippen MR) is 68.6 cm³/mol. The molecule has 11 heteroatoms. The lowest BCUT2D eigenvalue weighted by Gasteiger charge is -2.44. The van der Waals surface area contributed by atoms with Crippen molar-refractivity contribution in [1.82, 2.24) is 0 Å². The van der Waals surface area contributed by atoms with Crippen LogP contribution in [-0.4, -0.2) is 115 Å². The normalized spacial score (nSPS) is 51.7. The van der Waals surface area contributed by atoms with Gasteiger partial charge in [0.1, 0.15) is 48.8 Å². The molecule has 0 aromatic heterocycles. The standard InChI is InChI=1S/C12H22O11/c13-1-3-6(16)8(18)10(11(20)21-3)23-12-9(19)7(17)5(15)4(2-14)22-12/h3-20H,1-2H2/t3-,4+,5-,6+,7-,8-,9-,10-,11+,12+/m1/s1. The van der Waals surface area contributed by atoms with Gasteiger partial charge in [-0.25, -0.2) is 0 Å². The first kappa shape index (κ1) is 18.9. The minimum Gasteiger partial charge on any atom is -0.394 e. The van der Waals surface area contributed by atoms with E-state index in [4.69, 9.17) is 24.4 Å². The molecule has 0 amide bonds. The summed E-state index contributed by atoms with van der Waals surface area (Å²) in [5.41, 5.74) is 0. The molecule has 2 saturated heterocycles. The van der Waals surface area contributed by atoms with Gasteiger partial charge >= 0.3 is 0 Å². The highest BCUT2D eigenvalue weighted by Crippen LogP contribution is 2.28. The molecular weight excluding hydrogens is 320 g/mol. The molecule has 23 heavy (non-hydrogen) atoms. The van der Waals surface area contributed by atoms with Gasteiger partial charge in [-0.1, -0.05) is 0 Å². The molecule has 0 unspecified atom stereocenters. The van der Waals surface area contributed by atoms with Crippen LogP contribution in [0, 0.1) is 0 Å². The lowest BCUT2D eigenvalue weighted by molar-refractivity contribution is -0.361. The van der Waals surface area contributed by atoms with Crippen LogP contribution in [0.4, 0.5) is 0 Å². The number of hydrogen-bond donors (Lipinski definition) is 8. The summed E-state index contributed by atoms with van der Waals surface area (Å²) in [4.78, 5) is 0. The lowest BCUT2D eigenvalue weighted by atomic mass is 9.97. The maximum Gasteiger partial charge on any atom is 0.187 e. The Balaban J connectivity index is 2.08. The van der Waals surface area contributed by atoms with Crippen LogP contribution >= 0.6 is 0 Å². The van der Waals surface area contributed by atoms with Crippen molar-refractivity contribution in [3.63, 3.8) is 0 Å². The number of aliphatic hydroxyl groups excluding tert-OH is 8. The van der Waals surface area contributed by atoms with E-state index in [0.29, 0.717) is 0 Å². The van der Waals surface area contributed by atoms with Crippen LogP contribution in [0.15, 0.2) is 0 Å². The quantitative estimate of drug-likeness (QED) is 0.243. The fourth-order valence-electron chi connectivity index (χ4n) is 2.55. The summed E-state index contributed by atoms with van der Waals surface area (Å²) in [7, 11) is 0. The highest BCUT2D eigenvalue weighted by atomic mass is 16.7. The highest BCUT2D eigenvalue weighted by molar-refractivity contribution is 4.93. The second kappa shape index (κ2) is 7.63. The average molecular weight is 342 g/mol. The molecule has 11 nitrogen and oxygen atoms in total. The molecule has 0 bridgehead atoms. The van der Waals surface area contributed by atoms with E-state index >= 15 is 0 Å². The third kappa shape index (κ3) is 3.65. The summed E-state index contributed by atoms with van der Waals surface area (Å²) >= 11 is 0. The van der Waals surface area contributed by atoms with Gasteiger partial charge in [0, 0.05) is 0 Å². The summed E-state index contributed by atoms with van der Waals surface area (Å²) in [5.74, 6) is 0. The molecule has 2 fully saturated rings. The average Bonchev–Trinajstić information content (AvgIpc) is 2.54. The van der Waals surface area contributed by atoms with Gasteiger partial charge in [0.15, 0.2) is 12.6 Å². The Hall–Kier alpha value is -0.440. The minimum absolute atomic E-state index is 0.651. The molecule has 0 spiro atoms. The van der Waals surface area contributed by atoms with Crippen molar-refractivity contribution in [2.75, 3.05) is 13.2 Å². The molecule has 0 aromatic carbocycles. The summed E-state index contributed by atoms with van der Waals surface area (Å²) in [6.45, 7) is -1.33. The fraction of sp³-hybridized carbons (Fsp3) is 1.00. The molecule has 2 rings (SSSR count). The maximum atomic E-state index is 9.94. The first-order chi connectivity index (χ1) is 10.8. The van der Waals surface area contributed by atoms with Crippen molar-refractivity contribution in [3.05, 3.63) is 0 Å². The summed E-state index contributed by atoms with van der Waals surface area (Å²) in [6, 6.07) is 0. The molecule has 136 valence electrons. The van der Waals surface area contributed by atoms with Crippen LogP contribution < -0.4 is 0 Å². The summed E-state index contributed by atoms with van der Waals surface area (Å²) in [5, 5.41) is 76.7. The zero-order valence-corrected chi connectivity index (χ0v) is 12.0. The van der Waals surface area contributed by atoms with E-state index in [2.05, 4.69) is 0 Å². The van der Waals surface area contributed by atoms with E-state index in [1.54, 1.807) is 0 Å². The van der Waals surface area contributed by atoms with Gasteiger partial charge in [-0.3, -0.25) is 0 Å². The Bertz CT molecular complexity index is 380. The smallest absolute Gasteiger partial charge is 0.187 e. The van der Waals surface area contributed by atoms with Gasteiger partial charge in [-0.2, -0.15) is 0 Å². The Morgan fingerprint density at radius 2 is 1.17 bits per heavy atom. The second-order valence-corrected chi connectivity index (χ2v) is 5.53. The Morgan fingerprint density at radius 1 is 0.652 bits per heavy atom. The molecule has 0 saturated carbocycles. The molecule has 2 aliphatic heterocycles. The van der Waals surface area contributed by atoms with Crippen molar-refractivity contribution in [3.8, 4) is 0 Å². The first-order valence-electron chi connectivity index (χ1n) is 7.08. The van der Waals surface area contributed by atoms with E-state index in [1.165, 1.54) is 0 Å². The van der Waals surface area contributed by atoms with Gasteiger partial charge < -0.3 is 55.1 Å². The topological polar surface area (TPSA) is 190 Å². The van der Waals surface area contributed by atoms with Crippen LogP contribution in [0.3, 0.4) is 0 Å². The van der Waals surface area contributed by atoms with Gasteiger partial charge in [-0.05, 0) is 0 Å². The van der Waals surface area contributed by atoms with Crippen LogP contribution in [-0.2, 0) is 14.2 Å². The Kier molecular flexibility index (Phi) is 6.27. The number of ether oxygens (including phenoxy) is 3.